The summed E-state index contributed by atoms with van der Waals surface area (Å²) in [5.74, 6) is 1.11. The van der Waals surface area contributed by atoms with E-state index in [-0.39, 0.29) is 6.04 Å². The highest BCUT2D eigenvalue weighted by Crippen LogP contribution is 2.26. The molecule has 2 aromatic heterocycles. The molecule has 0 amide bonds. The summed E-state index contributed by atoms with van der Waals surface area (Å²) in [6.45, 7) is 2.07. The summed E-state index contributed by atoms with van der Waals surface area (Å²) in [5.41, 5.74) is 1.71. The molecular weight excluding hydrogens is 268 g/mol. The minimum atomic E-state index is -0.0146. The number of ether oxygens (including phenoxy) is 1. The van der Waals surface area contributed by atoms with Crippen LogP contribution in [0.5, 0.6) is 0 Å². The van der Waals surface area contributed by atoms with Gasteiger partial charge < -0.3 is 14.6 Å². The molecule has 1 unspecified atom stereocenters. The third kappa shape index (κ3) is 2.28. The second-order valence-electron chi connectivity index (χ2n) is 4.92. The highest BCUT2D eigenvalue weighted by molar-refractivity contribution is 5.91. The number of nitrogens with one attached hydrogen (secondary N) is 1. The van der Waals surface area contributed by atoms with Crippen molar-refractivity contribution in [1.82, 2.24) is 20.4 Å². The van der Waals surface area contributed by atoms with Gasteiger partial charge in [-0.3, -0.25) is 4.98 Å². The first-order chi connectivity index (χ1) is 10.4. The van der Waals surface area contributed by atoms with Crippen LogP contribution >= 0.6 is 0 Å². The molecule has 0 aliphatic carbocycles. The maximum absolute atomic E-state index is 5.43. The molecule has 0 saturated carbocycles. The molecule has 1 N–H and O–H groups in total. The molecule has 4 rings (SSSR count). The molecule has 0 spiro atoms. The molecule has 1 aromatic carbocycles. The zero-order chi connectivity index (χ0) is 14.1. The monoisotopic (exact) mass is 282 g/mol. The molecule has 0 bridgehead atoms. The molecule has 106 valence electrons. The van der Waals surface area contributed by atoms with E-state index in [1.54, 1.807) is 6.20 Å². The summed E-state index contributed by atoms with van der Waals surface area (Å²) in [7, 11) is 0. The minimum Gasteiger partial charge on any atom is -0.378 e. The summed E-state index contributed by atoms with van der Waals surface area (Å²) < 4.78 is 10.8. The topological polar surface area (TPSA) is 73.1 Å². The molecule has 3 aromatic rings. The Morgan fingerprint density at radius 2 is 2.14 bits per heavy atom. The van der Waals surface area contributed by atoms with E-state index in [0.29, 0.717) is 24.9 Å². The molecule has 21 heavy (non-hydrogen) atoms. The summed E-state index contributed by atoms with van der Waals surface area (Å²) >= 11 is 0. The van der Waals surface area contributed by atoms with Gasteiger partial charge in [-0.25, -0.2) is 0 Å². The molecule has 6 heteroatoms. The molecule has 6 nitrogen and oxygen atoms in total. The van der Waals surface area contributed by atoms with Crippen LogP contribution in [0.3, 0.4) is 0 Å². The summed E-state index contributed by atoms with van der Waals surface area (Å²) in [6, 6.07) is 9.83. The van der Waals surface area contributed by atoms with E-state index in [2.05, 4.69) is 20.4 Å². The average Bonchev–Trinajstić information content (AvgIpc) is 3.05. The fourth-order valence-corrected chi connectivity index (χ4v) is 2.49. The lowest BCUT2D eigenvalue weighted by Gasteiger charge is -2.20. The highest BCUT2D eigenvalue weighted by atomic mass is 16.5. The largest absolute Gasteiger partial charge is 0.378 e. The van der Waals surface area contributed by atoms with Crippen LogP contribution in [-0.4, -0.2) is 34.9 Å². The Morgan fingerprint density at radius 3 is 3.05 bits per heavy atom. The second kappa shape index (κ2) is 5.23. The number of morpholine rings is 1. The average molecular weight is 282 g/mol. The van der Waals surface area contributed by atoms with Crippen molar-refractivity contribution >= 4 is 10.9 Å². The van der Waals surface area contributed by atoms with Gasteiger partial charge in [-0.05, 0) is 12.1 Å². The number of pyridine rings is 1. The highest BCUT2D eigenvalue weighted by Gasteiger charge is 2.22. The van der Waals surface area contributed by atoms with Crippen molar-refractivity contribution in [2.75, 3.05) is 19.8 Å². The minimum absolute atomic E-state index is 0.0146. The van der Waals surface area contributed by atoms with Gasteiger partial charge in [-0.15, -0.1) is 0 Å². The predicted octanol–water partition coefficient (Wildman–Crippen LogP) is 1.95. The Morgan fingerprint density at radius 1 is 1.19 bits per heavy atom. The second-order valence-corrected chi connectivity index (χ2v) is 4.92. The van der Waals surface area contributed by atoms with Gasteiger partial charge in [0.1, 0.15) is 0 Å². The van der Waals surface area contributed by atoms with Gasteiger partial charge in [-0.1, -0.05) is 23.4 Å². The molecule has 3 heterocycles. The van der Waals surface area contributed by atoms with E-state index in [1.807, 2.05) is 30.3 Å². The van der Waals surface area contributed by atoms with E-state index >= 15 is 0 Å². The summed E-state index contributed by atoms with van der Waals surface area (Å²) in [5, 5.41) is 8.43. The molecule has 1 saturated heterocycles. The van der Waals surface area contributed by atoms with Gasteiger partial charge in [0, 0.05) is 18.1 Å². The van der Waals surface area contributed by atoms with Crippen molar-refractivity contribution < 1.29 is 9.26 Å². The zero-order valence-electron chi connectivity index (χ0n) is 11.3. The maximum atomic E-state index is 5.43. The molecule has 1 aliphatic rings. The van der Waals surface area contributed by atoms with Gasteiger partial charge in [0.2, 0.25) is 0 Å². The predicted molar refractivity (Wildman–Crippen MR) is 76.6 cm³/mol. The number of rotatable bonds is 2. The number of fused-ring (bicyclic) bond motifs is 1. The smallest absolute Gasteiger partial charge is 0.260 e. The van der Waals surface area contributed by atoms with Crippen LogP contribution in [0.1, 0.15) is 11.9 Å². The van der Waals surface area contributed by atoms with E-state index in [4.69, 9.17) is 9.26 Å². The van der Waals surface area contributed by atoms with Crippen LogP contribution in [0.2, 0.25) is 0 Å². The van der Waals surface area contributed by atoms with Crippen LogP contribution in [-0.2, 0) is 4.74 Å². The lowest BCUT2D eigenvalue weighted by molar-refractivity contribution is 0.0734. The van der Waals surface area contributed by atoms with Crippen LogP contribution in [0.4, 0.5) is 0 Å². The molecular formula is C15H14N4O2. The quantitative estimate of drug-likeness (QED) is 0.774. The zero-order valence-corrected chi connectivity index (χ0v) is 11.3. The Balaban J connectivity index is 1.74. The first kappa shape index (κ1) is 12.4. The van der Waals surface area contributed by atoms with Gasteiger partial charge in [-0.2, -0.15) is 4.98 Å². The normalized spacial score (nSPS) is 19.0. The van der Waals surface area contributed by atoms with Crippen molar-refractivity contribution in [2.45, 2.75) is 6.04 Å². The number of hydrogen-bond acceptors (Lipinski definition) is 6. The Kier molecular flexibility index (Phi) is 3.10. The fraction of sp³-hybridized carbons (Fsp3) is 0.267. The van der Waals surface area contributed by atoms with Crippen LogP contribution in [0, 0.1) is 0 Å². The fourth-order valence-electron chi connectivity index (χ4n) is 2.49. The van der Waals surface area contributed by atoms with E-state index in [9.17, 15) is 0 Å². The number of aromatic nitrogens is 3. The van der Waals surface area contributed by atoms with Crippen molar-refractivity contribution in [3.05, 3.63) is 42.4 Å². The third-order valence-corrected chi connectivity index (χ3v) is 3.54. The van der Waals surface area contributed by atoms with E-state index < -0.39 is 0 Å². The first-order valence-corrected chi connectivity index (χ1v) is 6.91. The Bertz CT molecular complexity index is 760. The van der Waals surface area contributed by atoms with Gasteiger partial charge in [0.25, 0.3) is 5.89 Å². The summed E-state index contributed by atoms with van der Waals surface area (Å²) in [4.78, 5) is 8.91. The Hall–Kier alpha value is -2.31. The molecule has 1 aliphatic heterocycles. The first-order valence-electron chi connectivity index (χ1n) is 6.91. The molecule has 1 fully saturated rings. The van der Waals surface area contributed by atoms with Crippen molar-refractivity contribution in [2.24, 2.45) is 0 Å². The maximum Gasteiger partial charge on any atom is 0.260 e. The third-order valence-electron chi connectivity index (χ3n) is 3.54. The van der Waals surface area contributed by atoms with Crippen LogP contribution < -0.4 is 5.32 Å². The lowest BCUT2D eigenvalue weighted by atomic mass is 10.1. The number of para-hydroxylation sites is 1. The van der Waals surface area contributed by atoms with E-state index in [1.165, 1.54) is 0 Å². The van der Waals surface area contributed by atoms with E-state index in [0.717, 1.165) is 23.0 Å². The molecule has 1 atom stereocenters. The Labute approximate surface area is 121 Å². The SMILES string of the molecule is c1cnc2c(-c3nc(C4COCCN4)no3)cccc2c1. The number of hydrogen-bond donors (Lipinski definition) is 1. The van der Waals surface area contributed by atoms with Crippen molar-refractivity contribution in [3.8, 4) is 11.5 Å². The number of benzene rings is 1. The van der Waals surface area contributed by atoms with Gasteiger partial charge in [0.05, 0.1) is 30.3 Å². The van der Waals surface area contributed by atoms with Gasteiger partial charge in [0.15, 0.2) is 5.82 Å². The van der Waals surface area contributed by atoms with Crippen LogP contribution in [0.25, 0.3) is 22.4 Å². The number of nitrogens with zero attached hydrogens (tertiary/aromatic N) is 3. The van der Waals surface area contributed by atoms with Gasteiger partial charge >= 0.3 is 0 Å². The lowest BCUT2D eigenvalue weighted by Crippen LogP contribution is -2.35. The van der Waals surface area contributed by atoms with Crippen LogP contribution in [0.15, 0.2) is 41.1 Å². The summed E-state index contributed by atoms with van der Waals surface area (Å²) in [6.07, 6.45) is 1.76. The van der Waals surface area contributed by atoms with Crippen molar-refractivity contribution in [3.63, 3.8) is 0 Å². The van der Waals surface area contributed by atoms with Crippen molar-refractivity contribution in [1.29, 1.82) is 0 Å². The molecule has 0 radical (unpaired) electrons. The standard InChI is InChI=1S/C15H14N4O2/c1-3-10-4-2-6-17-13(10)11(5-1)15-18-14(19-21-15)12-9-20-8-7-16-12/h1-6,12,16H,7-9H2.